The van der Waals surface area contributed by atoms with Gasteiger partial charge in [0.25, 0.3) is 0 Å². The largest absolute Gasteiger partial charge is 0.456 e. The zero-order valence-corrected chi connectivity index (χ0v) is 17.1. The molecule has 2 N–H and O–H groups in total. The van der Waals surface area contributed by atoms with Gasteiger partial charge in [0.2, 0.25) is 0 Å². The Morgan fingerprint density at radius 2 is 1.87 bits per heavy atom. The summed E-state index contributed by atoms with van der Waals surface area (Å²) in [4.78, 5) is 4.15. The van der Waals surface area contributed by atoms with Crippen molar-refractivity contribution in [2.45, 2.75) is 5.92 Å². The third kappa shape index (κ3) is 4.58. The number of aromatic nitrogens is 2. The number of aryl methyl sites for hydroxylation is 1. The topological polar surface area (TPSA) is 83.1 Å². The summed E-state index contributed by atoms with van der Waals surface area (Å²) in [5.74, 6) is 0.779. The molecule has 0 bridgehead atoms. The van der Waals surface area contributed by atoms with Gasteiger partial charge in [0.1, 0.15) is 17.6 Å². The zero-order valence-electron chi connectivity index (χ0n) is 17.1. The number of rotatable bonds is 7. The second kappa shape index (κ2) is 9.16. The molecule has 3 aromatic carbocycles. The van der Waals surface area contributed by atoms with Crippen molar-refractivity contribution in [3.63, 3.8) is 0 Å². The van der Waals surface area contributed by atoms with E-state index in [1.807, 2.05) is 78.3 Å². The molecule has 0 saturated heterocycles. The minimum atomic E-state index is -0.270. The monoisotopic (exact) mass is 410 g/mol. The van der Waals surface area contributed by atoms with E-state index in [0.717, 1.165) is 22.6 Å². The molecule has 0 fully saturated rings. The molecule has 154 valence electrons. The van der Waals surface area contributed by atoms with Gasteiger partial charge in [-0.3, -0.25) is 0 Å². The van der Waals surface area contributed by atoms with Crippen LogP contribution in [-0.4, -0.2) is 21.3 Å². The lowest BCUT2D eigenvalue weighted by atomic mass is 9.95. The van der Waals surface area contributed by atoms with E-state index in [1.165, 1.54) is 0 Å². The standard InChI is InChI=1S/C25H22N4O2/c1-29-17-27-15-24(29)23(16-30)18-10-11-19(14-26)25(12-18)31-22-9-5-8-21(13-22)28-20-6-3-2-4-7-20/h2-13,15,17,23,28,30H,16H2,1H3. The van der Waals surface area contributed by atoms with Crippen LogP contribution < -0.4 is 10.1 Å². The van der Waals surface area contributed by atoms with Crippen LogP contribution >= 0.6 is 0 Å². The Labute approximate surface area is 181 Å². The van der Waals surface area contributed by atoms with Crippen molar-refractivity contribution in [3.05, 3.63) is 102 Å². The molecule has 0 radical (unpaired) electrons. The Morgan fingerprint density at radius 3 is 2.58 bits per heavy atom. The lowest BCUT2D eigenvalue weighted by Gasteiger charge is -2.17. The van der Waals surface area contributed by atoms with E-state index in [4.69, 9.17) is 4.74 Å². The van der Waals surface area contributed by atoms with E-state index in [1.54, 1.807) is 18.6 Å². The van der Waals surface area contributed by atoms with E-state index < -0.39 is 0 Å². The quantitative estimate of drug-likeness (QED) is 0.450. The second-order valence-corrected chi connectivity index (χ2v) is 7.15. The lowest BCUT2D eigenvalue weighted by molar-refractivity contribution is 0.277. The number of aliphatic hydroxyl groups is 1. The van der Waals surface area contributed by atoms with E-state index in [0.29, 0.717) is 17.1 Å². The average Bonchev–Trinajstić information content (AvgIpc) is 3.21. The summed E-state index contributed by atoms with van der Waals surface area (Å²) in [5.41, 5.74) is 4.00. The Balaban J connectivity index is 1.62. The van der Waals surface area contributed by atoms with Crippen molar-refractivity contribution in [2.24, 2.45) is 7.05 Å². The Kier molecular flexibility index (Phi) is 5.97. The molecule has 4 rings (SSSR count). The Hall–Kier alpha value is -4.08. The summed E-state index contributed by atoms with van der Waals surface area (Å²) in [6.45, 7) is -0.0820. The van der Waals surface area contributed by atoms with E-state index in [9.17, 15) is 10.4 Å². The normalized spacial score (nSPS) is 11.5. The first-order valence-electron chi connectivity index (χ1n) is 9.89. The molecule has 31 heavy (non-hydrogen) atoms. The zero-order chi connectivity index (χ0) is 21.6. The van der Waals surface area contributed by atoms with Crippen LogP contribution in [0.4, 0.5) is 11.4 Å². The number of nitrogens with one attached hydrogen (secondary N) is 1. The number of hydrogen-bond donors (Lipinski definition) is 2. The first-order valence-corrected chi connectivity index (χ1v) is 9.89. The van der Waals surface area contributed by atoms with Crippen molar-refractivity contribution in [3.8, 4) is 17.6 Å². The first-order chi connectivity index (χ1) is 15.2. The van der Waals surface area contributed by atoms with Crippen molar-refractivity contribution in [1.29, 1.82) is 5.26 Å². The van der Waals surface area contributed by atoms with E-state index in [-0.39, 0.29) is 12.5 Å². The van der Waals surface area contributed by atoms with Gasteiger partial charge in [-0.15, -0.1) is 0 Å². The summed E-state index contributed by atoms with van der Waals surface area (Å²) in [5, 5.41) is 22.9. The molecule has 0 aliphatic rings. The molecule has 6 nitrogen and oxygen atoms in total. The van der Waals surface area contributed by atoms with Gasteiger partial charge in [-0.05, 0) is 42.0 Å². The summed E-state index contributed by atoms with van der Waals surface area (Å²) in [6, 6.07) is 25.0. The molecule has 4 aromatic rings. The van der Waals surface area contributed by atoms with Crippen LogP contribution in [0, 0.1) is 11.3 Å². The maximum Gasteiger partial charge on any atom is 0.145 e. The molecule has 1 atom stereocenters. The van der Waals surface area contributed by atoms with Crippen LogP contribution in [0.25, 0.3) is 0 Å². The summed E-state index contributed by atoms with van der Waals surface area (Å²) in [6.07, 6.45) is 3.43. The van der Waals surface area contributed by atoms with Crippen molar-refractivity contribution >= 4 is 11.4 Å². The molecule has 1 aromatic heterocycles. The SMILES string of the molecule is Cn1cncc1C(CO)c1ccc(C#N)c(Oc2cccc(Nc3ccccc3)c2)c1. The van der Waals surface area contributed by atoms with Crippen molar-refractivity contribution in [2.75, 3.05) is 11.9 Å². The highest BCUT2D eigenvalue weighted by atomic mass is 16.5. The fourth-order valence-electron chi connectivity index (χ4n) is 3.46. The number of para-hydroxylation sites is 1. The summed E-state index contributed by atoms with van der Waals surface area (Å²) >= 11 is 0. The molecule has 0 amide bonds. The third-order valence-corrected chi connectivity index (χ3v) is 5.05. The molecule has 0 saturated carbocycles. The van der Waals surface area contributed by atoms with Gasteiger partial charge in [-0.2, -0.15) is 5.26 Å². The Bertz CT molecular complexity index is 1210. The number of nitriles is 1. The van der Waals surface area contributed by atoms with Gasteiger partial charge in [0, 0.05) is 42.3 Å². The fourth-order valence-corrected chi connectivity index (χ4v) is 3.46. The molecule has 0 aliphatic carbocycles. The van der Waals surface area contributed by atoms with Gasteiger partial charge < -0.3 is 19.7 Å². The van der Waals surface area contributed by atoms with E-state index in [2.05, 4.69) is 16.4 Å². The van der Waals surface area contributed by atoms with Crippen LogP contribution in [0.15, 0.2) is 85.3 Å². The molecule has 1 unspecified atom stereocenters. The molecule has 0 aliphatic heterocycles. The first kappa shape index (κ1) is 20.2. The van der Waals surface area contributed by atoms with Crippen molar-refractivity contribution in [1.82, 2.24) is 9.55 Å². The van der Waals surface area contributed by atoms with Gasteiger partial charge >= 0.3 is 0 Å². The number of hydrogen-bond acceptors (Lipinski definition) is 5. The summed E-state index contributed by atoms with van der Waals surface area (Å²) in [7, 11) is 1.89. The van der Waals surface area contributed by atoms with E-state index >= 15 is 0 Å². The number of benzene rings is 3. The molecular weight excluding hydrogens is 388 g/mol. The molecule has 6 heteroatoms. The number of ether oxygens (including phenoxy) is 1. The minimum Gasteiger partial charge on any atom is -0.456 e. The predicted molar refractivity (Wildman–Crippen MR) is 120 cm³/mol. The number of imidazole rings is 1. The highest BCUT2D eigenvalue weighted by molar-refractivity contribution is 5.61. The molecular formula is C25H22N4O2. The second-order valence-electron chi connectivity index (χ2n) is 7.15. The summed E-state index contributed by atoms with van der Waals surface area (Å²) < 4.78 is 7.97. The van der Waals surface area contributed by atoms with Crippen LogP contribution in [-0.2, 0) is 7.05 Å². The van der Waals surface area contributed by atoms with Crippen LogP contribution in [0.5, 0.6) is 11.5 Å². The van der Waals surface area contributed by atoms with Gasteiger partial charge in [-0.1, -0.05) is 30.3 Å². The maximum absolute atomic E-state index is 10.0. The smallest absolute Gasteiger partial charge is 0.145 e. The minimum absolute atomic E-state index is 0.0820. The van der Waals surface area contributed by atoms with Gasteiger partial charge in [0.05, 0.1) is 18.5 Å². The lowest BCUT2D eigenvalue weighted by Crippen LogP contribution is -2.10. The van der Waals surface area contributed by atoms with Gasteiger partial charge in [0.15, 0.2) is 0 Å². The predicted octanol–water partition coefficient (Wildman–Crippen LogP) is 4.95. The third-order valence-electron chi connectivity index (χ3n) is 5.05. The number of nitrogens with zero attached hydrogens (tertiary/aromatic N) is 3. The molecule has 1 heterocycles. The van der Waals surface area contributed by atoms with Crippen LogP contribution in [0.3, 0.4) is 0 Å². The average molecular weight is 410 g/mol. The van der Waals surface area contributed by atoms with Crippen LogP contribution in [0.2, 0.25) is 0 Å². The Morgan fingerprint density at radius 1 is 1.06 bits per heavy atom. The maximum atomic E-state index is 10.0. The number of anilines is 2. The van der Waals surface area contributed by atoms with Gasteiger partial charge in [-0.25, -0.2) is 4.98 Å². The van der Waals surface area contributed by atoms with Crippen molar-refractivity contribution < 1.29 is 9.84 Å². The molecule has 0 spiro atoms. The van der Waals surface area contributed by atoms with Crippen LogP contribution in [0.1, 0.15) is 22.7 Å². The highest BCUT2D eigenvalue weighted by Crippen LogP contribution is 2.32. The fraction of sp³-hybridized carbons (Fsp3) is 0.120. The highest BCUT2D eigenvalue weighted by Gasteiger charge is 2.19. The number of aliphatic hydroxyl groups excluding tert-OH is 1.